The average molecular weight is 464 g/mol. The van der Waals surface area contributed by atoms with E-state index in [0.29, 0.717) is 23.4 Å². The first kappa shape index (κ1) is 23.3. The van der Waals surface area contributed by atoms with E-state index in [4.69, 9.17) is 11.0 Å². The molecule has 0 saturated heterocycles. The summed E-state index contributed by atoms with van der Waals surface area (Å²) in [4.78, 5) is 25.1. The Morgan fingerprint density at radius 1 is 1.30 bits per heavy atom. The first-order valence-corrected chi connectivity index (χ1v) is 11.2. The van der Waals surface area contributed by atoms with Crippen molar-refractivity contribution in [2.24, 2.45) is 34.3 Å². The summed E-state index contributed by atoms with van der Waals surface area (Å²) in [6, 6.07) is 1.72. The van der Waals surface area contributed by atoms with Gasteiger partial charge in [0.05, 0.1) is 17.8 Å². The number of halogens is 3. The molecule has 5 rings (SSSR count). The molecule has 7 nitrogen and oxygen atoms in total. The van der Waals surface area contributed by atoms with E-state index >= 15 is 0 Å². The van der Waals surface area contributed by atoms with Crippen LogP contribution in [-0.2, 0) is 11.0 Å². The highest BCUT2D eigenvalue weighted by Crippen LogP contribution is 2.60. The zero-order valence-electron chi connectivity index (χ0n) is 18.7. The molecule has 4 aliphatic carbocycles. The lowest BCUT2D eigenvalue weighted by Gasteiger charge is -2.58. The highest BCUT2D eigenvalue weighted by atomic mass is 19.4. The van der Waals surface area contributed by atoms with E-state index in [1.807, 2.05) is 6.07 Å². The van der Waals surface area contributed by atoms with Crippen molar-refractivity contribution in [3.05, 3.63) is 23.5 Å². The molecule has 4 bridgehead atoms. The number of alkyl halides is 3. The number of carbonyl (C=O) groups excluding carboxylic acids is 2. The molecule has 2 atom stereocenters. The van der Waals surface area contributed by atoms with Gasteiger partial charge in [0.15, 0.2) is 5.69 Å². The molecular formula is C23H28F3N5O2. The number of nitrogens with one attached hydrogen (secondary N) is 1. The summed E-state index contributed by atoms with van der Waals surface area (Å²) in [5.74, 6) is -0.687. The molecule has 2 unspecified atom stereocenters. The predicted octanol–water partition coefficient (Wildman–Crippen LogP) is 3.72. The van der Waals surface area contributed by atoms with Crippen LogP contribution in [0, 0.1) is 39.9 Å². The fourth-order valence-corrected chi connectivity index (χ4v) is 6.25. The lowest BCUT2D eigenvalue weighted by molar-refractivity contribution is -0.145. The third-order valence-corrected chi connectivity index (χ3v) is 7.60. The first-order valence-electron chi connectivity index (χ1n) is 11.2. The molecule has 0 radical (unpaired) electrons. The van der Waals surface area contributed by atoms with Crippen molar-refractivity contribution in [2.45, 2.75) is 64.6 Å². The van der Waals surface area contributed by atoms with Crippen molar-refractivity contribution in [1.82, 2.24) is 15.1 Å². The van der Waals surface area contributed by atoms with Crippen LogP contribution in [0.5, 0.6) is 0 Å². The van der Waals surface area contributed by atoms with Crippen LogP contribution in [0.1, 0.15) is 68.4 Å². The van der Waals surface area contributed by atoms with Crippen molar-refractivity contribution in [3.63, 3.8) is 0 Å². The summed E-state index contributed by atoms with van der Waals surface area (Å²) in [7, 11) is 0. The van der Waals surface area contributed by atoms with Crippen LogP contribution in [0.2, 0.25) is 0 Å². The van der Waals surface area contributed by atoms with E-state index < -0.39 is 34.2 Å². The largest absolute Gasteiger partial charge is 0.434 e. The summed E-state index contributed by atoms with van der Waals surface area (Å²) >= 11 is 0. The number of primary amides is 1. The molecule has 0 spiro atoms. The number of rotatable bonds is 6. The number of aromatic nitrogens is 2. The standard InChI is InChI=1S/C23H28F3N5O2/c1-21(2,3-5-27)4-6-31-18(23(24,25)26)16(12-29-31)19(32)30-17-14-7-13-8-15(17)11-22(9-13,10-14)20(28)33/h4,6,12-15,17H,3,7-11H2,1-2H3,(H2,28,33)(H,30,32)/b6-4+. The Labute approximate surface area is 190 Å². The van der Waals surface area contributed by atoms with Crippen LogP contribution >= 0.6 is 0 Å². The first-order chi connectivity index (χ1) is 15.3. The Hall–Kier alpha value is -2.83. The summed E-state index contributed by atoms with van der Waals surface area (Å²) in [6.07, 6.45) is 2.49. The topological polar surface area (TPSA) is 114 Å². The Bertz CT molecular complexity index is 1020. The second-order valence-corrected chi connectivity index (χ2v) is 10.6. The normalized spacial score (nSPS) is 31.0. The molecular weight excluding hydrogens is 435 g/mol. The number of hydrogen-bond acceptors (Lipinski definition) is 4. The van der Waals surface area contributed by atoms with Crippen molar-refractivity contribution in [2.75, 3.05) is 0 Å². The van der Waals surface area contributed by atoms with Crippen molar-refractivity contribution in [1.29, 1.82) is 5.26 Å². The minimum absolute atomic E-state index is 0.0313. The van der Waals surface area contributed by atoms with Crippen molar-refractivity contribution < 1.29 is 22.8 Å². The second kappa shape index (κ2) is 7.89. The molecule has 0 aromatic carbocycles. The number of carbonyl (C=O) groups is 2. The van der Waals surface area contributed by atoms with E-state index in [0.717, 1.165) is 31.7 Å². The molecule has 0 aliphatic heterocycles. The molecule has 4 fully saturated rings. The van der Waals surface area contributed by atoms with Gasteiger partial charge in [-0.25, -0.2) is 4.68 Å². The van der Waals surface area contributed by atoms with E-state index in [2.05, 4.69) is 10.4 Å². The Morgan fingerprint density at radius 3 is 2.48 bits per heavy atom. The quantitative estimate of drug-likeness (QED) is 0.669. The van der Waals surface area contributed by atoms with Gasteiger partial charge in [-0.15, -0.1) is 0 Å². The molecule has 10 heteroatoms. The second-order valence-electron chi connectivity index (χ2n) is 10.6. The molecule has 2 amide bonds. The zero-order chi connectivity index (χ0) is 24.2. The van der Waals surface area contributed by atoms with Gasteiger partial charge in [-0.3, -0.25) is 9.59 Å². The highest BCUT2D eigenvalue weighted by Gasteiger charge is 2.58. The van der Waals surface area contributed by atoms with Gasteiger partial charge in [0.1, 0.15) is 0 Å². The summed E-state index contributed by atoms with van der Waals surface area (Å²) in [5, 5.41) is 15.5. The smallest absolute Gasteiger partial charge is 0.369 e. The molecule has 33 heavy (non-hydrogen) atoms. The van der Waals surface area contributed by atoms with Crippen LogP contribution in [0.4, 0.5) is 13.2 Å². The van der Waals surface area contributed by atoms with Crippen LogP contribution in [-0.4, -0.2) is 27.6 Å². The van der Waals surface area contributed by atoms with Crippen LogP contribution in [0.15, 0.2) is 12.3 Å². The van der Waals surface area contributed by atoms with Crippen LogP contribution in [0.3, 0.4) is 0 Å². The van der Waals surface area contributed by atoms with Gasteiger partial charge in [0.25, 0.3) is 5.91 Å². The number of amides is 2. The molecule has 4 aliphatic rings. The predicted molar refractivity (Wildman–Crippen MR) is 113 cm³/mol. The van der Waals surface area contributed by atoms with Gasteiger partial charge in [-0.05, 0) is 55.3 Å². The van der Waals surface area contributed by atoms with Crippen LogP contribution < -0.4 is 11.1 Å². The number of nitrogens with zero attached hydrogens (tertiary/aromatic N) is 3. The minimum Gasteiger partial charge on any atom is -0.369 e. The fourth-order valence-electron chi connectivity index (χ4n) is 6.25. The average Bonchev–Trinajstić information content (AvgIpc) is 3.13. The van der Waals surface area contributed by atoms with Gasteiger partial charge in [0, 0.05) is 24.1 Å². The lowest BCUT2D eigenvalue weighted by Crippen LogP contribution is -2.62. The minimum atomic E-state index is -4.80. The van der Waals surface area contributed by atoms with Crippen LogP contribution in [0.25, 0.3) is 6.20 Å². The summed E-state index contributed by atoms with van der Waals surface area (Å²) in [6.45, 7) is 3.45. The summed E-state index contributed by atoms with van der Waals surface area (Å²) < 4.78 is 42.3. The van der Waals surface area contributed by atoms with Gasteiger partial charge >= 0.3 is 6.18 Å². The monoisotopic (exact) mass is 463 g/mol. The molecule has 3 N–H and O–H groups in total. The van der Waals surface area contributed by atoms with Gasteiger partial charge in [0.2, 0.25) is 5.91 Å². The van der Waals surface area contributed by atoms with Crippen molar-refractivity contribution in [3.8, 4) is 6.07 Å². The molecule has 4 saturated carbocycles. The highest BCUT2D eigenvalue weighted by molar-refractivity contribution is 5.95. The molecule has 1 aromatic heterocycles. The SMILES string of the molecule is CC(C)(/C=C/n1ncc(C(=O)NC2C3CC4CC2CC(C(N)=O)(C4)C3)c1C(F)(F)F)CC#N. The Balaban J connectivity index is 1.57. The Kier molecular flexibility index (Phi) is 5.58. The van der Waals surface area contributed by atoms with Gasteiger partial charge < -0.3 is 11.1 Å². The number of nitrogens with two attached hydrogens (primary N) is 1. The van der Waals surface area contributed by atoms with E-state index in [1.54, 1.807) is 13.8 Å². The zero-order valence-corrected chi connectivity index (χ0v) is 18.7. The van der Waals surface area contributed by atoms with E-state index in [9.17, 15) is 22.8 Å². The summed E-state index contributed by atoms with van der Waals surface area (Å²) in [5.41, 5.74) is 2.81. The van der Waals surface area contributed by atoms with Crippen molar-refractivity contribution >= 4 is 18.0 Å². The maximum absolute atomic E-state index is 13.9. The number of nitriles is 1. The fraction of sp³-hybridized carbons (Fsp3) is 0.652. The Morgan fingerprint density at radius 2 is 1.94 bits per heavy atom. The van der Waals surface area contributed by atoms with Gasteiger partial charge in [-0.1, -0.05) is 19.9 Å². The maximum atomic E-state index is 13.9. The third kappa shape index (κ3) is 4.25. The molecule has 1 heterocycles. The van der Waals surface area contributed by atoms with E-state index in [1.165, 1.54) is 6.08 Å². The number of hydrogen-bond donors (Lipinski definition) is 2. The third-order valence-electron chi connectivity index (χ3n) is 7.60. The lowest BCUT2D eigenvalue weighted by atomic mass is 9.47. The maximum Gasteiger partial charge on any atom is 0.434 e. The number of allylic oxidation sites excluding steroid dienone is 1. The molecule has 178 valence electrons. The van der Waals surface area contributed by atoms with Gasteiger partial charge in [-0.2, -0.15) is 23.5 Å². The van der Waals surface area contributed by atoms with E-state index in [-0.39, 0.29) is 30.2 Å². The molecule has 1 aromatic rings.